The third-order valence-corrected chi connectivity index (χ3v) is 1.89. The van der Waals surface area contributed by atoms with Crippen LogP contribution in [0.2, 0.25) is 5.02 Å². The molecule has 0 radical (unpaired) electrons. The number of hydrogen-bond donors (Lipinski definition) is 1. The molecular formula is C9H6ClNO2. The van der Waals surface area contributed by atoms with E-state index in [1.54, 1.807) is 12.1 Å². The molecule has 66 valence electrons. The summed E-state index contributed by atoms with van der Waals surface area (Å²) in [6.45, 7) is 0. The molecule has 0 bridgehead atoms. The second kappa shape index (κ2) is 3.11. The van der Waals surface area contributed by atoms with E-state index < -0.39 is 5.63 Å². The number of aromatic amines is 1. The van der Waals surface area contributed by atoms with Crippen LogP contribution >= 0.6 is 11.6 Å². The Hall–Kier alpha value is -1.48. The molecule has 2 aromatic rings. The van der Waals surface area contributed by atoms with Gasteiger partial charge in [-0.2, -0.15) is 0 Å². The molecule has 4 heteroatoms. The highest BCUT2D eigenvalue weighted by atomic mass is 35.5. The van der Waals surface area contributed by atoms with E-state index >= 15 is 0 Å². The lowest BCUT2D eigenvalue weighted by Crippen LogP contribution is -1.85. The summed E-state index contributed by atoms with van der Waals surface area (Å²) in [5.74, 6) is 0. The van der Waals surface area contributed by atoms with Gasteiger partial charge in [0.2, 0.25) is 0 Å². The Morgan fingerprint density at radius 2 is 2.15 bits per heavy atom. The van der Waals surface area contributed by atoms with Crippen LogP contribution in [0.1, 0.15) is 0 Å². The standard InChI is InChI=1S/C9H6ClNO2/c10-7-3-1-2-6(4-7)8-5-9(12)13-11-8/h1-5,11H. The van der Waals surface area contributed by atoms with Crippen LogP contribution in [-0.4, -0.2) is 5.16 Å². The number of halogens is 1. The summed E-state index contributed by atoms with van der Waals surface area (Å²) in [6.07, 6.45) is 0. The number of benzene rings is 1. The van der Waals surface area contributed by atoms with Crippen molar-refractivity contribution in [2.45, 2.75) is 0 Å². The summed E-state index contributed by atoms with van der Waals surface area (Å²) in [7, 11) is 0. The fourth-order valence-corrected chi connectivity index (χ4v) is 1.27. The molecule has 13 heavy (non-hydrogen) atoms. The first-order valence-corrected chi connectivity index (χ1v) is 4.08. The SMILES string of the molecule is O=c1cc(-c2cccc(Cl)c2)[nH]o1. The van der Waals surface area contributed by atoms with Crippen LogP contribution in [0.5, 0.6) is 0 Å². The van der Waals surface area contributed by atoms with E-state index in [2.05, 4.69) is 9.68 Å². The number of aromatic nitrogens is 1. The van der Waals surface area contributed by atoms with E-state index in [1.165, 1.54) is 6.07 Å². The van der Waals surface area contributed by atoms with Crippen molar-refractivity contribution in [3.8, 4) is 11.3 Å². The minimum absolute atomic E-state index is 0.394. The molecule has 0 aliphatic carbocycles. The van der Waals surface area contributed by atoms with Crippen molar-refractivity contribution < 1.29 is 4.52 Å². The van der Waals surface area contributed by atoms with E-state index in [0.29, 0.717) is 10.7 Å². The fraction of sp³-hybridized carbons (Fsp3) is 0. The molecule has 0 fully saturated rings. The Balaban J connectivity index is 2.52. The first kappa shape index (κ1) is 8.13. The molecule has 2 rings (SSSR count). The third-order valence-electron chi connectivity index (χ3n) is 1.66. The van der Waals surface area contributed by atoms with Gasteiger partial charge in [-0.3, -0.25) is 0 Å². The second-order valence-corrected chi connectivity index (χ2v) is 3.03. The van der Waals surface area contributed by atoms with Gasteiger partial charge in [0.1, 0.15) is 0 Å². The molecule has 1 aromatic heterocycles. The molecule has 1 N–H and O–H groups in total. The van der Waals surface area contributed by atoms with Crippen LogP contribution in [0.15, 0.2) is 39.6 Å². The quantitative estimate of drug-likeness (QED) is 0.759. The van der Waals surface area contributed by atoms with Crippen molar-refractivity contribution in [1.29, 1.82) is 0 Å². The minimum atomic E-state index is -0.394. The lowest BCUT2D eigenvalue weighted by Gasteiger charge is -1.95. The van der Waals surface area contributed by atoms with Crippen LogP contribution < -0.4 is 5.63 Å². The van der Waals surface area contributed by atoms with Crippen LogP contribution in [0.3, 0.4) is 0 Å². The predicted octanol–water partition coefficient (Wildman–Crippen LogP) is 2.29. The van der Waals surface area contributed by atoms with Crippen molar-refractivity contribution in [2.75, 3.05) is 0 Å². The Morgan fingerprint density at radius 3 is 2.77 bits per heavy atom. The van der Waals surface area contributed by atoms with E-state index in [1.807, 2.05) is 12.1 Å². The average Bonchev–Trinajstić information content (AvgIpc) is 2.52. The molecule has 3 nitrogen and oxygen atoms in total. The van der Waals surface area contributed by atoms with E-state index in [-0.39, 0.29) is 0 Å². The molecule has 0 amide bonds. The molecule has 0 unspecified atom stereocenters. The molecule has 0 atom stereocenters. The first-order valence-electron chi connectivity index (χ1n) is 3.70. The summed E-state index contributed by atoms with van der Waals surface area (Å²) < 4.78 is 4.54. The van der Waals surface area contributed by atoms with Crippen molar-refractivity contribution in [3.63, 3.8) is 0 Å². The molecule has 1 heterocycles. The highest BCUT2D eigenvalue weighted by Gasteiger charge is 2.01. The Labute approximate surface area is 78.9 Å². The van der Waals surface area contributed by atoms with Gasteiger partial charge in [0, 0.05) is 10.6 Å². The van der Waals surface area contributed by atoms with Crippen molar-refractivity contribution in [1.82, 2.24) is 5.16 Å². The lowest BCUT2D eigenvalue weighted by atomic mass is 10.2. The molecule has 0 aliphatic heterocycles. The molecule has 0 aliphatic rings. The highest BCUT2D eigenvalue weighted by molar-refractivity contribution is 6.30. The Kier molecular flexibility index (Phi) is 1.94. The van der Waals surface area contributed by atoms with Gasteiger partial charge >= 0.3 is 5.63 Å². The lowest BCUT2D eigenvalue weighted by molar-refractivity contribution is 0.394. The zero-order valence-electron chi connectivity index (χ0n) is 6.58. The van der Waals surface area contributed by atoms with Gasteiger partial charge < -0.3 is 4.52 Å². The third kappa shape index (κ3) is 1.65. The molecular weight excluding hydrogens is 190 g/mol. The molecule has 1 aromatic carbocycles. The maximum absolute atomic E-state index is 10.7. The van der Waals surface area contributed by atoms with Crippen LogP contribution in [0.4, 0.5) is 0 Å². The summed E-state index contributed by atoms with van der Waals surface area (Å²) in [4.78, 5) is 10.7. The molecule has 0 saturated heterocycles. The van der Waals surface area contributed by atoms with Crippen molar-refractivity contribution in [2.24, 2.45) is 0 Å². The zero-order chi connectivity index (χ0) is 9.26. The number of rotatable bonds is 1. The van der Waals surface area contributed by atoms with Gasteiger partial charge in [-0.05, 0) is 12.1 Å². The summed E-state index contributed by atoms with van der Waals surface area (Å²) in [6, 6.07) is 8.55. The summed E-state index contributed by atoms with van der Waals surface area (Å²) in [5, 5.41) is 3.13. The van der Waals surface area contributed by atoms with Gasteiger partial charge in [-0.15, -0.1) is 0 Å². The normalized spacial score (nSPS) is 10.2. The largest absolute Gasteiger partial charge is 0.357 e. The topological polar surface area (TPSA) is 46.0 Å². The minimum Gasteiger partial charge on any atom is -0.339 e. The van der Waals surface area contributed by atoms with Gasteiger partial charge in [0.25, 0.3) is 0 Å². The Bertz CT molecular complexity index is 472. The van der Waals surface area contributed by atoms with E-state index in [0.717, 1.165) is 5.56 Å². The second-order valence-electron chi connectivity index (χ2n) is 2.59. The first-order chi connectivity index (χ1) is 6.25. The number of H-pyrrole nitrogens is 1. The maximum Gasteiger partial charge on any atom is 0.357 e. The number of nitrogens with one attached hydrogen (secondary N) is 1. The van der Waals surface area contributed by atoms with Crippen molar-refractivity contribution >= 4 is 11.6 Å². The molecule has 0 spiro atoms. The smallest absolute Gasteiger partial charge is 0.339 e. The van der Waals surface area contributed by atoms with E-state index in [4.69, 9.17) is 11.6 Å². The van der Waals surface area contributed by atoms with Crippen LogP contribution in [0.25, 0.3) is 11.3 Å². The fourth-order valence-electron chi connectivity index (χ4n) is 1.08. The number of hydrogen-bond acceptors (Lipinski definition) is 2. The van der Waals surface area contributed by atoms with Crippen molar-refractivity contribution in [3.05, 3.63) is 45.8 Å². The average molecular weight is 196 g/mol. The summed E-state index contributed by atoms with van der Waals surface area (Å²) in [5.41, 5.74) is 1.07. The summed E-state index contributed by atoms with van der Waals surface area (Å²) >= 11 is 5.78. The van der Waals surface area contributed by atoms with Crippen LogP contribution in [-0.2, 0) is 0 Å². The predicted molar refractivity (Wildman–Crippen MR) is 49.8 cm³/mol. The van der Waals surface area contributed by atoms with E-state index in [9.17, 15) is 4.79 Å². The Morgan fingerprint density at radius 1 is 1.31 bits per heavy atom. The monoisotopic (exact) mass is 195 g/mol. The molecule has 0 saturated carbocycles. The van der Waals surface area contributed by atoms with Gasteiger partial charge in [-0.1, -0.05) is 23.7 Å². The zero-order valence-corrected chi connectivity index (χ0v) is 7.34. The van der Waals surface area contributed by atoms with Gasteiger partial charge in [0.05, 0.1) is 11.8 Å². The van der Waals surface area contributed by atoms with Gasteiger partial charge in [-0.25, -0.2) is 9.95 Å². The maximum atomic E-state index is 10.7. The van der Waals surface area contributed by atoms with Crippen LogP contribution in [0, 0.1) is 0 Å². The highest BCUT2D eigenvalue weighted by Crippen LogP contribution is 2.19. The van der Waals surface area contributed by atoms with Gasteiger partial charge in [0.15, 0.2) is 0 Å².